The van der Waals surface area contributed by atoms with Crippen LogP contribution in [0.1, 0.15) is 27.7 Å². The molecule has 20 heavy (non-hydrogen) atoms. The third-order valence-corrected chi connectivity index (χ3v) is 3.35. The maximum Gasteiger partial charge on any atom is 0.414 e. The van der Waals surface area contributed by atoms with Crippen LogP contribution in [-0.4, -0.2) is 26.7 Å². The number of sulfonamides is 1. The summed E-state index contributed by atoms with van der Waals surface area (Å²) in [7, 11) is -3.92. The lowest BCUT2D eigenvalue weighted by Crippen LogP contribution is -2.37. The molecule has 0 radical (unpaired) electrons. The summed E-state index contributed by atoms with van der Waals surface area (Å²) in [5.41, 5.74) is -0.451. The van der Waals surface area contributed by atoms with Crippen LogP contribution in [0.15, 0.2) is 29.2 Å². The number of ether oxygens (including phenoxy) is 1. The number of carbonyl (C=O) groups excluding carboxylic acids is 1. The first-order valence-electron chi connectivity index (χ1n) is 6.18. The average Bonchev–Trinajstić information content (AvgIpc) is 2.26. The molecule has 1 amide bonds. The average molecular weight is 300 g/mol. The zero-order chi connectivity index (χ0) is 15.6. The third-order valence-electron chi connectivity index (χ3n) is 2.39. The Morgan fingerprint density at radius 2 is 1.85 bits per heavy atom. The van der Waals surface area contributed by atoms with Gasteiger partial charge in [0.15, 0.2) is 0 Å². The monoisotopic (exact) mass is 300 g/mol. The normalized spacial score (nSPS) is 12.1. The molecule has 0 saturated carbocycles. The second-order valence-electron chi connectivity index (χ2n) is 5.24. The molecule has 2 N–H and O–H groups in total. The van der Waals surface area contributed by atoms with Crippen LogP contribution in [0, 0.1) is 0 Å². The van der Waals surface area contributed by atoms with Gasteiger partial charge in [0, 0.05) is 6.54 Å². The first-order chi connectivity index (χ1) is 9.06. The molecule has 0 aliphatic heterocycles. The van der Waals surface area contributed by atoms with Crippen molar-refractivity contribution in [3.05, 3.63) is 24.3 Å². The summed E-state index contributed by atoms with van der Waals surface area (Å²) in [6.45, 7) is 7.21. The fraction of sp³-hybridized carbons (Fsp3) is 0.462. The Balaban J connectivity index is 3.24. The van der Waals surface area contributed by atoms with E-state index < -0.39 is 21.7 Å². The summed E-state index contributed by atoms with van der Waals surface area (Å²) >= 11 is 0. The molecule has 1 aromatic rings. The Bertz CT molecular complexity index is 591. The lowest BCUT2D eigenvalue weighted by molar-refractivity contribution is 0.0581. The second-order valence-corrected chi connectivity index (χ2v) is 6.77. The highest BCUT2D eigenvalue weighted by molar-refractivity contribution is 7.89. The number of para-hydroxylation sites is 1. The summed E-state index contributed by atoms with van der Waals surface area (Å²) in [5, 5.41) is 5.17. The Hall–Kier alpha value is -1.60. The number of nitrogens with zero attached hydrogens (tertiary/aromatic N) is 1. The molecule has 0 aromatic heterocycles. The number of hydrogen-bond acceptors (Lipinski definition) is 4. The van der Waals surface area contributed by atoms with Gasteiger partial charge in [-0.25, -0.2) is 18.4 Å². The van der Waals surface area contributed by atoms with E-state index in [4.69, 9.17) is 9.88 Å². The molecule has 0 unspecified atom stereocenters. The minimum absolute atomic E-state index is 0.104. The van der Waals surface area contributed by atoms with E-state index in [0.29, 0.717) is 0 Å². The van der Waals surface area contributed by atoms with Crippen molar-refractivity contribution in [1.82, 2.24) is 0 Å². The van der Waals surface area contributed by atoms with Crippen LogP contribution in [0.4, 0.5) is 10.5 Å². The minimum Gasteiger partial charge on any atom is -0.443 e. The van der Waals surface area contributed by atoms with Gasteiger partial charge in [-0.05, 0) is 39.8 Å². The van der Waals surface area contributed by atoms with E-state index in [1.807, 2.05) is 0 Å². The van der Waals surface area contributed by atoms with Crippen LogP contribution < -0.4 is 10.0 Å². The zero-order valence-electron chi connectivity index (χ0n) is 12.1. The molecule has 7 heteroatoms. The number of nitrogens with two attached hydrogens (primary N) is 1. The van der Waals surface area contributed by atoms with E-state index in [1.54, 1.807) is 39.8 Å². The predicted octanol–water partition coefficient (Wildman–Crippen LogP) is 2.10. The van der Waals surface area contributed by atoms with Gasteiger partial charge in [-0.15, -0.1) is 0 Å². The number of primary sulfonamides is 1. The molecule has 0 atom stereocenters. The highest BCUT2D eigenvalue weighted by Gasteiger charge is 2.26. The van der Waals surface area contributed by atoms with Crippen molar-refractivity contribution in [1.29, 1.82) is 0 Å². The first-order valence-corrected chi connectivity index (χ1v) is 7.73. The topological polar surface area (TPSA) is 89.7 Å². The number of carbonyl (C=O) groups is 1. The second kappa shape index (κ2) is 5.80. The van der Waals surface area contributed by atoms with Crippen LogP contribution in [-0.2, 0) is 14.8 Å². The number of benzene rings is 1. The lowest BCUT2D eigenvalue weighted by Gasteiger charge is -2.27. The Morgan fingerprint density at radius 3 is 2.30 bits per heavy atom. The van der Waals surface area contributed by atoms with Gasteiger partial charge in [-0.1, -0.05) is 12.1 Å². The summed E-state index contributed by atoms with van der Waals surface area (Å²) in [4.78, 5) is 13.3. The van der Waals surface area contributed by atoms with E-state index in [0.717, 1.165) is 0 Å². The van der Waals surface area contributed by atoms with Crippen LogP contribution >= 0.6 is 0 Å². The van der Waals surface area contributed by atoms with Crippen molar-refractivity contribution < 1.29 is 17.9 Å². The molecular weight excluding hydrogens is 280 g/mol. The summed E-state index contributed by atoms with van der Waals surface area (Å²) in [6.07, 6.45) is -0.615. The van der Waals surface area contributed by atoms with E-state index in [2.05, 4.69) is 0 Å². The molecule has 1 rings (SSSR count). The fourth-order valence-corrected chi connectivity index (χ4v) is 2.37. The summed E-state index contributed by atoms with van der Waals surface area (Å²) < 4.78 is 28.4. The molecular formula is C13H20N2O4S. The van der Waals surface area contributed by atoms with Gasteiger partial charge in [0.1, 0.15) is 10.5 Å². The smallest absolute Gasteiger partial charge is 0.414 e. The Kier molecular flexibility index (Phi) is 4.77. The van der Waals surface area contributed by atoms with Crippen LogP contribution in [0.2, 0.25) is 0 Å². The quantitative estimate of drug-likeness (QED) is 0.925. The van der Waals surface area contributed by atoms with Crippen LogP contribution in [0.25, 0.3) is 0 Å². The third kappa shape index (κ3) is 4.21. The van der Waals surface area contributed by atoms with Crippen LogP contribution in [0.3, 0.4) is 0 Å². The van der Waals surface area contributed by atoms with E-state index in [9.17, 15) is 13.2 Å². The van der Waals surface area contributed by atoms with Gasteiger partial charge in [0.2, 0.25) is 10.0 Å². The number of anilines is 1. The van der Waals surface area contributed by atoms with Gasteiger partial charge in [0.05, 0.1) is 5.69 Å². The molecule has 0 fully saturated rings. The molecule has 6 nitrogen and oxygen atoms in total. The molecule has 1 aromatic carbocycles. The Labute approximate surface area is 119 Å². The largest absolute Gasteiger partial charge is 0.443 e. The highest BCUT2D eigenvalue weighted by atomic mass is 32.2. The molecule has 0 heterocycles. The van der Waals surface area contributed by atoms with Crippen molar-refractivity contribution in [3.8, 4) is 0 Å². The standard InChI is InChI=1S/C13H20N2O4S/c1-5-15(12(16)19-13(2,3)4)10-8-6-7-9-11(10)20(14,17)18/h6-9H,5H2,1-4H3,(H2,14,17,18). The Morgan fingerprint density at radius 1 is 1.30 bits per heavy atom. The SMILES string of the molecule is CCN(C(=O)OC(C)(C)C)c1ccccc1S(N)(=O)=O. The maximum absolute atomic E-state index is 12.1. The molecule has 0 bridgehead atoms. The van der Waals surface area contributed by atoms with Crippen molar-refractivity contribution in [2.45, 2.75) is 38.2 Å². The number of hydrogen-bond donors (Lipinski definition) is 1. The molecule has 0 saturated heterocycles. The molecule has 0 spiro atoms. The molecule has 0 aliphatic carbocycles. The van der Waals surface area contributed by atoms with Gasteiger partial charge in [0.25, 0.3) is 0 Å². The molecule has 112 valence electrons. The highest BCUT2D eigenvalue weighted by Crippen LogP contribution is 2.25. The van der Waals surface area contributed by atoms with Gasteiger partial charge >= 0.3 is 6.09 Å². The van der Waals surface area contributed by atoms with Crippen molar-refractivity contribution >= 4 is 21.8 Å². The predicted molar refractivity (Wildman–Crippen MR) is 77.1 cm³/mol. The fourth-order valence-electron chi connectivity index (χ4n) is 1.64. The van der Waals surface area contributed by atoms with Gasteiger partial charge in [-0.2, -0.15) is 0 Å². The van der Waals surface area contributed by atoms with E-state index in [-0.39, 0.29) is 17.1 Å². The van der Waals surface area contributed by atoms with Crippen molar-refractivity contribution in [2.75, 3.05) is 11.4 Å². The number of rotatable bonds is 3. The van der Waals surface area contributed by atoms with Gasteiger partial charge < -0.3 is 4.74 Å². The van der Waals surface area contributed by atoms with Crippen molar-refractivity contribution in [2.24, 2.45) is 5.14 Å². The van der Waals surface area contributed by atoms with Crippen molar-refractivity contribution in [3.63, 3.8) is 0 Å². The van der Waals surface area contributed by atoms with Crippen LogP contribution in [0.5, 0.6) is 0 Å². The zero-order valence-corrected chi connectivity index (χ0v) is 12.9. The summed E-state index contributed by atoms with van der Waals surface area (Å²) in [5.74, 6) is 0. The van der Waals surface area contributed by atoms with Gasteiger partial charge in [-0.3, -0.25) is 4.90 Å². The molecule has 0 aliphatic rings. The maximum atomic E-state index is 12.1. The minimum atomic E-state index is -3.92. The number of amides is 1. The van der Waals surface area contributed by atoms with E-state index in [1.165, 1.54) is 17.0 Å². The van der Waals surface area contributed by atoms with E-state index >= 15 is 0 Å². The summed E-state index contributed by atoms with van der Waals surface area (Å²) in [6, 6.07) is 6.06. The lowest BCUT2D eigenvalue weighted by atomic mass is 10.2. The first kappa shape index (κ1) is 16.5.